The molecule has 1 nitrogen and oxygen atoms in total. The Hall–Kier alpha value is -0.530. The van der Waals surface area contributed by atoms with E-state index in [0.29, 0.717) is 0 Å². The minimum Gasteiger partial charge on any atom is -0.330 e. The third-order valence-corrected chi connectivity index (χ3v) is 4.16. The summed E-state index contributed by atoms with van der Waals surface area (Å²) in [7, 11) is 0. The first-order valence-electron chi connectivity index (χ1n) is 6.16. The molecule has 0 bridgehead atoms. The second-order valence-electron chi connectivity index (χ2n) is 5.05. The molecule has 0 unspecified atom stereocenters. The molecule has 88 valence electrons. The first kappa shape index (κ1) is 11.9. The quantitative estimate of drug-likeness (QED) is 0.848. The van der Waals surface area contributed by atoms with Crippen molar-refractivity contribution in [2.75, 3.05) is 6.54 Å². The summed E-state index contributed by atoms with van der Waals surface area (Å²) in [6.07, 6.45) is 5.12. The van der Waals surface area contributed by atoms with Gasteiger partial charge in [0.05, 0.1) is 0 Å². The van der Waals surface area contributed by atoms with Crippen LogP contribution in [0.1, 0.15) is 38.2 Å². The lowest BCUT2D eigenvalue weighted by Crippen LogP contribution is -2.47. The number of benzene rings is 1. The summed E-state index contributed by atoms with van der Waals surface area (Å²) in [5.74, 6) is 0.879. The molecule has 2 N–H and O–H groups in total. The molecule has 1 aromatic carbocycles. The zero-order chi connectivity index (χ0) is 11.6. The van der Waals surface area contributed by atoms with Crippen LogP contribution in [0.3, 0.4) is 0 Å². The zero-order valence-electron chi connectivity index (χ0n) is 9.88. The van der Waals surface area contributed by atoms with Crippen LogP contribution in [-0.4, -0.2) is 6.54 Å². The number of rotatable bonds is 4. The van der Waals surface area contributed by atoms with E-state index in [1.165, 1.54) is 31.2 Å². The molecule has 0 aliphatic heterocycles. The molecule has 1 fully saturated rings. The van der Waals surface area contributed by atoms with Crippen LogP contribution in [0.5, 0.6) is 0 Å². The molecule has 16 heavy (non-hydrogen) atoms. The van der Waals surface area contributed by atoms with E-state index in [9.17, 15) is 0 Å². The molecular weight excluding hydrogens is 218 g/mol. The van der Waals surface area contributed by atoms with Crippen LogP contribution in [-0.2, 0) is 5.41 Å². The van der Waals surface area contributed by atoms with Gasteiger partial charge in [-0.25, -0.2) is 0 Å². The van der Waals surface area contributed by atoms with Gasteiger partial charge in [0.2, 0.25) is 0 Å². The summed E-state index contributed by atoms with van der Waals surface area (Å²) in [5, 5.41) is 0.806. The van der Waals surface area contributed by atoms with Gasteiger partial charge in [-0.05, 0) is 36.5 Å². The van der Waals surface area contributed by atoms with Crippen LogP contribution in [0.25, 0.3) is 0 Å². The fraction of sp³-hybridized carbons (Fsp3) is 0.571. The maximum Gasteiger partial charge on any atom is 0.0406 e. The van der Waals surface area contributed by atoms with Crippen molar-refractivity contribution in [3.05, 3.63) is 34.9 Å². The Morgan fingerprint density at radius 3 is 2.44 bits per heavy atom. The molecule has 2 heteroatoms. The molecule has 0 spiro atoms. The van der Waals surface area contributed by atoms with Crippen molar-refractivity contribution in [2.24, 2.45) is 11.7 Å². The van der Waals surface area contributed by atoms with Crippen molar-refractivity contribution in [1.82, 2.24) is 0 Å². The van der Waals surface area contributed by atoms with E-state index >= 15 is 0 Å². The maximum absolute atomic E-state index is 5.96. The summed E-state index contributed by atoms with van der Waals surface area (Å²) in [6, 6.07) is 8.22. The highest BCUT2D eigenvalue weighted by molar-refractivity contribution is 6.30. The lowest BCUT2D eigenvalue weighted by Gasteiger charge is -2.48. The minimum absolute atomic E-state index is 0.241. The van der Waals surface area contributed by atoms with Crippen LogP contribution in [0.15, 0.2) is 24.3 Å². The van der Waals surface area contributed by atoms with Crippen LogP contribution >= 0.6 is 11.6 Å². The van der Waals surface area contributed by atoms with E-state index in [0.717, 1.165) is 17.5 Å². The summed E-state index contributed by atoms with van der Waals surface area (Å²) >= 11 is 5.91. The second kappa shape index (κ2) is 4.77. The molecule has 0 radical (unpaired) electrons. The van der Waals surface area contributed by atoms with Gasteiger partial charge in [-0.3, -0.25) is 0 Å². The average Bonchev–Trinajstić information content (AvgIpc) is 2.24. The van der Waals surface area contributed by atoms with E-state index < -0.39 is 0 Å². The van der Waals surface area contributed by atoms with E-state index in [2.05, 4.69) is 19.1 Å². The Labute approximate surface area is 103 Å². The number of halogens is 1. The lowest BCUT2D eigenvalue weighted by molar-refractivity contribution is 0.139. The fourth-order valence-corrected chi connectivity index (χ4v) is 3.11. The first-order chi connectivity index (χ1) is 7.70. The maximum atomic E-state index is 5.96. The topological polar surface area (TPSA) is 26.0 Å². The van der Waals surface area contributed by atoms with Gasteiger partial charge in [0, 0.05) is 17.0 Å². The van der Waals surface area contributed by atoms with E-state index in [4.69, 9.17) is 17.3 Å². The molecule has 1 aliphatic carbocycles. The van der Waals surface area contributed by atoms with Gasteiger partial charge in [0.15, 0.2) is 0 Å². The molecule has 1 aliphatic rings. The number of hydrogen-bond acceptors (Lipinski definition) is 1. The average molecular weight is 238 g/mol. The monoisotopic (exact) mass is 237 g/mol. The van der Waals surface area contributed by atoms with E-state index in [1.807, 2.05) is 12.1 Å². The smallest absolute Gasteiger partial charge is 0.0406 e. The van der Waals surface area contributed by atoms with Crippen molar-refractivity contribution >= 4 is 11.6 Å². The third-order valence-electron chi connectivity index (χ3n) is 3.90. The Kier molecular flexibility index (Phi) is 3.56. The van der Waals surface area contributed by atoms with Crippen molar-refractivity contribution in [2.45, 2.75) is 38.0 Å². The van der Waals surface area contributed by atoms with E-state index in [1.54, 1.807) is 0 Å². The van der Waals surface area contributed by atoms with Crippen LogP contribution in [0, 0.1) is 5.92 Å². The van der Waals surface area contributed by atoms with Crippen LogP contribution < -0.4 is 5.73 Å². The fourth-order valence-electron chi connectivity index (χ4n) is 2.98. The Morgan fingerprint density at radius 2 is 1.94 bits per heavy atom. The van der Waals surface area contributed by atoms with Gasteiger partial charge < -0.3 is 5.73 Å². The van der Waals surface area contributed by atoms with Crippen molar-refractivity contribution < 1.29 is 0 Å². The molecule has 1 saturated carbocycles. The van der Waals surface area contributed by atoms with Gasteiger partial charge in [0.25, 0.3) is 0 Å². The van der Waals surface area contributed by atoms with Gasteiger partial charge in [-0.1, -0.05) is 43.5 Å². The summed E-state index contributed by atoms with van der Waals surface area (Å²) in [6.45, 7) is 3.01. The Morgan fingerprint density at radius 1 is 1.31 bits per heavy atom. The zero-order valence-corrected chi connectivity index (χ0v) is 10.6. The Bertz CT molecular complexity index is 338. The summed E-state index contributed by atoms with van der Waals surface area (Å²) in [5.41, 5.74) is 7.57. The van der Waals surface area contributed by atoms with E-state index in [-0.39, 0.29) is 5.41 Å². The predicted octanol–water partition coefficient (Wildman–Crippen LogP) is 3.75. The van der Waals surface area contributed by atoms with Crippen molar-refractivity contribution in [3.8, 4) is 0 Å². The molecular formula is C14H20ClN. The molecule has 1 aromatic rings. The minimum atomic E-state index is 0.241. The van der Waals surface area contributed by atoms with Gasteiger partial charge in [-0.2, -0.15) is 0 Å². The Balaban J connectivity index is 2.09. The predicted molar refractivity (Wildman–Crippen MR) is 69.8 cm³/mol. The van der Waals surface area contributed by atoms with Crippen LogP contribution in [0.2, 0.25) is 5.02 Å². The first-order valence-corrected chi connectivity index (χ1v) is 6.54. The van der Waals surface area contributed by atoms with Crippen molar-refractivity contribution in [1.29, 1.82) is 0 Å². The van der Waals surface area contributed by atoms with Gasteiger partial charge in [-0.15, -0.1) is 0 Å². The number of nitrogens with two attached hydrogens (primary N) is 1. The van der Waals surface area contributed by atoms with Gasteiger partial charge >= 0.3 is 0 Å². The van der Waals surface area contributed by atoms with Gasteiger partial charge in [0.1, 0.15) is 0 Å². The highest BCUT2D eigenvalue weighted by Crippen LogP contribution is 2.48. The SMILES string of the molecule is CCCC1CC(CN)(c2ccc(Cl)cc2)C1. The summed E-state index contributed by atoms with van der Waals surface area (Å²) < 4.78 is 0. The highest BCUT2D eigenvalue weighted by atomic mass is 35.5. The molecule has 0 atom stereocenters. The molecule has 0 amide bonds. The third kappa shape index (κ3) is 2.11. The lowest BCUT2D eigenvalue weighted by atomic mass is 9.57. The number of hydrogen-bond donors (Lipinski definition) is 1. The highest BCUT2D eigenvalue weighted by Gasteiger charge is 2.43. The van der Waals surface area contributed by atoms with Crippen LogP contribution in [0.4, 0.5) is 0 Å². The molecule has 2 rings (SSSR count). The normalized spacial score (nSPS) is 28.8. The largest absolute Gasteiger partial charge is 0.330 e. The second-order valence-corrected chi connectivity index (χ2v) is 5.49. The van der Waals surface area contributed by atoms with Crippen molar-refractivity contribution in [3.63, 3.8) is 0 Å². The molecule has 0 aromatic heterocycles. The standard InChI is InChI=1S/C14H20ClN/c1-2-3-11-8-14(9-11,10-16)12-4-6-13(15)7-5-12/h4-7,11H,2-3,8-10,16H2,1H3. The molecule has 0 heterocycles. The molecule has 0 saturated heterocycles. The summed E-state index contributed by atoms with van der Waals surface area (Å²) in [4.78, 5) is 0.